The summed E-state index contributed by atoms with van der Waals surface area (Å²) >= 11 is 0. The van der Waals surface area contributed by atoms with Crippen molar-refractivity contribution < 1.29 is 14.2 Å². The van der Waals surface area contributed by atoms with Crippen LogP contribution in [0.5, 0.6) is 0 Å². The van der Waals surface area contributed by atoms with Crippen LogP contribution in [0.4, 0.5) is 4.39 Å². The van der Waals surface area contributed by atoms with Gasteiger partial charge < -0.3 is 15.6 Å². The van der Waals surface area contributed by atoms with Crippen LogP contribution in [0.2, 0.25) is 0 Å². The lowest BCUT2D eigenvalue weighted by Gasteiger charge is -2.09. The maximum absolute atomic E-state index is 12.7. The van der Waals surface area contributed by atoms with Gasteiger partial charge in [-0.1, -0.05) is 0 Å². The van der Waals surface area contributed by atoms with Crippen LogP contribution in [-0.4, -0.2) is 43.9 Å². The predicted octanol–water partition coefficient (Wildman–Crippen LogP) is -2.00. The Balaban J connectivity index is 2.53. The molecule has 1 aliphatic rings. The average molecular weight is 147 g/mol. The zero-order chi connectivity index (χ0) is 7.72. The Morgan fingerprint density at radius 2 is 2.30 bits per heavy atom. The fraction of sp³-hybridized carbons (Fsp3) is 1.00. The van der Waals surface area contributed by atoms with Crippen molar-refractivity contribution in [1.29, 1.82) is 0 Å². The molecule has 0 aromatic rings. The summed E-state index contributed by atoms with van der Waals surface area (Å²) in [5.41, 5.74) is 5.20. The van der Waals surface area contributed by atoms with Gasteiger partial charge in [-0.05, 0) is 0 Å². The summed E-state index contributed by atoms with van der Waals surface area (Å²) in [6.45, 7) is 0.173. The van der Waals surface area contributed by atoms with Gasteiger partial charge in [-0.2, -0.15) is 0 Å². The molecule has 0 radical (unpaired) electrons. The lowest BCUT2D eigenvalue weighted by atomic mass is 9.94. The lowest BCUT2D eigenvalue weighted by molar-refractivity contribution is 0.0365. The van der Waals surface area contributed by atoms with Crippen LogP contribution in [0.25, 0.3) is 0 Å². The van der Waals surface area contributed by atoms with E-state index in [2.05, 4.69) is 0 Å². The number of aliphatic hydroxyl groups is 1. The monoisotopic (exact) mass is 147 g/mol. The fourth-order valence-corrected chi connectivity index (χ4v) is 1.11. The largest absolute Gasteiger partial charge is 0.387 e. The Bertz CT molecular complexity index is 126. The SMILES string of the molecule is B[C@@H]1O[C@H](CN)[C@H](O)C1F. The predicted molar refractivity (Wildman–Crippen MR) is 37.2 cm³/mol. The zero-order valence-electron chi connectivity index (χ0n) is 5.83. The summed E-state index contributed by atoms with van der Waals surface area (Å²) in [7, 11) is 1.59. The second-order valence-corrected chi connectivity index (χ2v) is 2.55. The third kappa shape index (κ3) is 1.16. The molecule has 1 fully saturated rings. The molecule has 3 N–H and O–H groups in total. The number of nitrogens with two attached hydrogens (primary N) is 1. The standard InChI is InChI=1S/C5H11BFNO2/c6-5-3(7)4(9)2(1-8)10-5/h2-5,9H,1,6,8H2/t2-,3?,4+,5-/m1/s1. The van der Waals surface area contributed by atoms with E-state index in [0.29, 0.717) is 0 Å². The van der Waals surface area contributed by atoms with E-state index < -0.39 is 24.4 Å². The summed E-state index contributed by atoms with van der Waals surface area (Å²) in [6.07, 6.45) is -2.85. The molecule has 0 saturated carbocycles. The maximum Gasteiger partial charge on any atom is 0.147 e. The molecular formula is C5H11BFNO2. The van der Waals surface area contributed by atoms with Gasteiger partial charge in [0.1, 0.15) is 20.1 Å². The molecule has 10 heavy (non-hydrogen) atoms. The van der Waals surface area contributed by atoms with E-state index in [1.807, 2.05) is 0 Å². The first-order chi connectivity index (χ1) is 4.66. The molecule has 0 aromatic carbocycles. The number of aliphatic hydroxyl groups excluding tert-OH is 1. The van der Waals surface area contributed by atoms with Gasteiger partial charge in [-0.15, -0.1) is 0 Å². The number of alkyl halides is 1. The Morgan fingerprint density at radius 3 is 2.50 bits per heavy atom. The van der Waals surface area contributed by atoms with Gasteiger partial charge >= 0.3 is 0 Å². The first-order valence-corrected chi connectivity index (χ1v) is 3.34. The molecular weight excluding hydrogens is 136 g/mol. The molecule has 0 aliphatic carbocycles. The lowest BCUT2D eigenvalue weighted by Crippen LogP contribution is -2.33. The molecule has 1 unspecified atom stereocenters. The Kier molecular flexibility index (Phi) is 2.28. The quantitative estimate of drug-likeness (QED) is 0.422. The highest BCUT2D eigenvalue weighted by atomic mass is 19.1. The van der Waals surface area contributed by atoms with Gasteiger partial charge in [0, 0.05) is 6.54 Å². The molecule has 0 amide bonds. The molecule has 1 saturated heterocycles. The molecule has 5 heteroatoms. The van der Waals surface area contributed by atoms with Crippen LogP contribution in [-0.2, 0) is 4.74 Å². The Morgan fingerprint density at radius 1 is 1.70 bits per heavy atom. The minimum atomic E-state index is -1.28. The number of hydrogen-bond donors (Lipinski definition) is 2. The first-order valence-electron chi connectivity index (χ1n) is 3.34. The van der Waals surface area contributed by atoms with Gasteiger partial charge in [0.25, 0.3) is 0 Å². The second kappa shape index (κ2) is 2.86. The van der Waals surface area contributed by atoms with Gasteiger partial charge in [0.2, 0.25) is 0 Å². The third-order valence-electron chi connectivity index (χ3n) is 1.78. The Labute approximate surface area is 59.8 Å². The number of rotatable bonds is 1. The highest BCUT2D eigenvalue weighted by molar-refractivity contribution is 6.11. The van der Waals surface area contributed by atoms with Crippen molar-refractivity contribution in [1.82, 2.24) is 0 Å². The summed E-state index contributed by atoms with van der Waals surface area (Å²) in [5, 5.41) is 9.05. The van der Waals surface area contributed by atoms with E-state index in [9.17, 15) is 4.39 Å². The highest BCUT2D eigenvalue weighted by Crippen LogP contribution is 2.20. The topological polar surface area (TPSA) is 55.5 Å². The number of halogens is 1. The van der Waals surface area contributed by atoms with Gasteiger partial charge in [0.15, 0.2) is 0 Å². The summed E-state index contributed by atoms with van der Waals surface area (Å²) in [4.78, 5) is 0. The molecule has 0 bridgehead atoms. The third-order valence-corrected chi connectivity index (χ3v) is 1.78. The van der Waals surface area contributed by atoms with Crippen molar-refractivity contribution >= 4 is 7.85 Å². The van der Waals surface area contributed by atoms with E-state index in [4.69, 9.17) is 15.6 Å². The van der Waals surface area contributed by atoms with E-state index in [0.717, 1.165) is 0 Å². The molecule has 4 atom stereocenters. The smallest absolute Gasteiger partial charge is 0.147 e. The van der Waals surface area contributed by atoms with Crippen LogP contribution in [0.3, 0.4) is 0 Å². The Hall–Kier alpha value is -0.125. The van der Waals surface area contributed by atoms with Crippen molar-refractivity contribution in [2.24, 2.45) is 5.73 Å². The van der Waals surface area contributed by atoms with E-state index in [1.165, 1.54) is 0 Å². The van der Waals surface area contributed by atoms with Crippen LogP contribution in [0.15, 0.2) is 0 Å². The fourth-order valence-electron chi connectivity index (χ4n) is 1.11. The van der Waals surface area contributed by atoms with Gasteiger partial charge in [0.05, 0.1) is 12.1 Å². The summed E-state index contributed by atoms with van der Waals surface area (Å²) in [6, 6.07) is -0.524. The normalized spacial score (nSPS) is 47.9. The highest BCUT2D eigenvalue weighted by Gasteiger charge is 2.40. The van der Waals surface area contributed by atoms with Crippen molar-refractivity contribution in [3.05, 3.63) is 0 Å². The van der Waals surface area contributed by atoms with Crippen LogP contribution >= 0.6 is 0 Å². The molecule has 0 aromatic heterocycles. The summed E-state index contributed by atoms with van der Waals surface area (Å²) < 4.78 is 17.7. The van der Waals surface area contributed by atoms with Crippen LogP contribution < -0.4 is 5.73 Å². The zero-order valence-corrected chi connectivity index (χ0v) is 5.83. The van der Waals surface area contributed by atoms with E-state index in [-0.39, 0.29) is 6.54 Å². The molecule has 1 rings (SSSR count). The summed E-state index contributed by atoms with van der Waals surface area (Å²) in [5.74, 6) is 0. The van der Waals surface area contributed by atoms with Gasteiger partial charge in [-0.25, -0.2) is 4.39 Å². The van der Waals surface area contributed by atoms with Crippen molar-refractivity contribution in [3.63, 3.8) is 0 Å². The molecule has 58 valence electrons. The maximum atomic E-state index is 12.7. The minimum absolute atomic E-state index is 0.173. The number of ether oxygens (including phenoxy) is 1. The van der Waals surface area contributed by atoms with Crippen molar-refractivity contribution in [2.45, 2.75) is 24.4 Å². The molecule has 1 heterocycles. The molecule has 3 nitrogen and oxygen atoms in total. The molecule has 1 aliphatic heterocycles. The first kappa shape index (κ1) is 7.98. The van der Waals surface area contributed by atoms with Gasteiger partial charge in [-0.3, -0.25) is 0 Å². The van der Waals surface area contributed by atoms with Crippen molar-refractivity contribution in [2.75, 3.05) is 6.54 Å². The van der Waals surface area contributed by atoms with Crippen molar-refractivity contribution in [3.8, 4) is 0 Å². The second-order valence-electron chi connectivity index (χ2n) is 2.55. The van der Waals surface area contributed by atoms with Crippen LogP contribution in [0.1, 0.15) is 0 Å². The van der Waals surface area contributed by atoms with Crippen LogP contribution in [0, 0.1) is 0 Å². The van der Waals surface area contributed by atoms with E-state index in [1.54, 1.807) is 7.85 Å². The van der Waals surface area contributed by atoms with E-state index >= 15 is 0 Å². The number of hydrogen-bond acceptors (Lipinski definition) is 3. The molecule has 0 spiro atoms. The average Bonchev–Trinajstić information content (AvgIpc) is 2.17. The minimum Gasteiger partial charge on any atom is -0.387 e.